The van der Waals surface area contributed by atoms with Gasteiger partial charge in [0.15, 0.2) is 0 Å². The molecule has 108 valence electrons. The molecule has 0 aromatic carbocycles. The Balaban J connectivity index is 1.71. The monoisotopic (exact) mass is 268 g/mol. The Morgan fingerprint density at radius 2 is 2.05 bits per heavy atom. The summed E-state index contributed by atoms with van der Waals surface area (Å²) in [6.45, 7) is 3.58. The van der Waals surface area contributed by atoms with Crippen LogP contribution in [0.15, 0.2) is 0 Å². The maximum Gasteiger partial charge on any atom is 0.148 e. The molecule has 3 fully saturated rings. The van der Waals surface area contributed by atoms with E-state index in [1.165, 1.54) is 12.8 Å². The van der Waals surface area contributed by atoms with Crippen LogP contribution in [0.25, 0.3) is 0 Å². The number of methoxy groups -OCH3 is 1. The lowest BCUT2D eigenvalue weighted by Gasteiger charge is -2.37. The Morgan fingerprint density at radius 1 is 1.26 bits per heavy atom. The number of hydrogen-bond acceptors (Lipinski definition) is 4. The highest BCUT2D eigenvalue weighted by Crippen LogP contribution is 2.62. The molecule has 4 nitrogen and oxygen atoms in total. The summed E-state index contributed by atoms with van der Waals surface area (Å²) in [5.41, 5.74) is -0.479. The third kappa shape index (κ3) is 1.97. The number of rotatable bonds is 7. The molecule has 0 aromatic heterocycles. The number of hydrogen-bond donors (Lipinski definition) is 0. The molecule has 1 saturated carbocycles. The SMILES string of the molecule is BC1OC2(COC)[C@H](OCCCCC)C1OC21CC1. The van der Waals surface area contributed by atoms with E-state index in [1.807, 2.05) is 0 Å². The highest BCUT2D eigenvalue weighted by atomic mass is 16.7. The third-order valence-electron chi connectivity index (χ3n) is 4.86. The molecule has 0 radical (unpaired) electrons. The van der Waals surface area contributed by atoms with Gasteiger partial charge in [-0.1, -0.05) is 19.8 Å². The van der Waals surface area contributed by atoms with Crippen molar-refractivity contribution in [3.8, 4) is 0 Å². The first-order valence-electron chi connectivity index (χ1n) is 7.65. The van der Waals surface area contributed by atoms with Gasteiger partial charge < -0.3 is 18.9 Å². The zero-order valence-corrected chi connectivity index (χ0v) is 12.3. The molecular formula is C14H25BO4. The van der Waals surface area contributed by atoms with E-state index in [0.29, 0.717) is 6.61 Å². The largest absolute Gasteiger partial charge is 0.381 e. The van der Waals surface area contributed by atoms with Crippen LogP contribution >= 0.6 is 0 Å². The van der Waals surface area contributed by atoms with Crippen molar-refractivity contribution in [2.75, 3.05) is 20.3 Å². The fourth-order valence-electron chi connectivity index (χ4n) is 3.77. The van der Waals surface area contributed by atoms with Gasteiger partial charge >= 0.3 is 0 Å². The zero-order valence-electron chi connectivity index (χ0n) is 12.3. The zero-order chi connectivity index (χ0) is 13.5. The lowest BCUT2D eigenvalue weighted by Crippen LogP contribution is -2.54. The quantitative estimate of drug-likeness (QED) is 0.507. The summed E-state index contributed by atoms with van der Waals surface area (Å²) in [6.07, 6.45) is 5.83. The Hall–Kier alpha value is -0.0951. The van der Waals surface area contributed by atoms with Crippen LogP contribution in [0, 0.1) is 0 Å². The first kappa shape index (κ1) is 13.9. The molecule has 2 heterocycles. The molecule has 3 unspecified atom stereocenters. The predicted octanol–water partition coefficient (Wildman–Crippen LogP) is 0.868. The highest BCUT2D eigenvalue weighted by Gasteiger charge is 2.77. The van der Waals surface area contributed by atoms with Crippen LogP contribution in [-0.4, -0.2) is 57.6 Å². The minimum Gasteiger partial charge on any atom is -0.381 e. The second-order valence-corrected chi connectivity index (χ2v) is 6.22. The average Bonchev–Trinajstić information content (AvgIpc) is 3.05. The molecule has 1 aliphatic carbocycles. The minimum absolute atomic E-state index is 0.0433. The molecule has 0 aromatic rings. The molecule has 3 rings (SSSR count). The Bertz CT molecular complexity index is 333. The third-order valence-corrected chi connectivity index (χ3v) is 4.86. The summed E-state index contributed by atoms with van der Waals surface area (Å²) in [6, 6.07) is 0.109. The Labute approximate surface area is 116 Å². The highest BCUT2D eigenvalue weighted by molar-refractivity contribution is 6.12. The van der Waals surface area contributed by atoms with Gasteiger partial charge in [-0.05, 0) is 19.3 Å². The first-order valence-corrected chi connectivity index (χ1v) is 7.65. The Morgan fingerprint density at radius 3 is 2.68 bits per heavy atom. The Kier molecular flexibility index (Phi) is 3.67. The number of fused-ring (bicyclic) bond motifs is 3. The predicted molar refractivity (Wildman–Crippen MR) is 74.1 cm³/mol. The molecule has 2 bridgehead atoms. The van der Waals surface area contributed by atoms with Crippen molar-refractivity contribution in [1.29, 1.82) is 0 Å². The fraction of sp³-hybridized carbons (Fsp3) is 1.00. The van der Waals surface area contributed by atoms with Crippen LogP contribution in [0.1, 0.15) is 39.0 Å². The summed E-state index contributed by atoms with van der Waals surface area (Å²) in [4.78, 5) is 0. The topological polar surface area (TPSA) is 36.9 Å². The van der Waals surface area contributed by atoms with E-state index >= 15 is 0 Å². The van der Waals surface area contributed by atoms with Crippen molar-refractivity contribution in [3.63, 3.8) is 0 Å². The second-order valence-electron chi connectivity index (χ2n) is 6.22. The molecule has 5 heteroatoms. The van der Waals surface area contributed by atoms with Gasteiger partial charge in [0, 0.05) is 13.7 Å². The summed E-state index contributed by atoms with van der Waals surface area (Å²) < 4.78 is 24.1. The molecule has 0 N–H and O–H groups in total. The maximum absolute atomic E-state index is 6.27. The van der Waals surface area contributed by atoms with E-state index in [4.69, 9.17) is 18.9 Å². The first-order chi connectivity index (χ1) is 9.19. The van der Waals surface area contributed by atoms with E-state index in [9.17, 15) is 0 Å². The smallest absolute Gasteiger partial charge is 0.148 e. The number of unbranched alkanes of at least 4 members (excludes halogenated alkanes) is 2. The van der Waals surface area contributed by atoms with Gasteiger partial charge in [-0.2, -0.15) is 0 Å². The van der Waals surface area contributed by atoms with Crippen molar-refractivity contribution in [3.05, 3.63) is 0 Å². The van der Waals surface area contributed by atoms with Gasteiger partial charge in [0.05, 0.1) is 12.6 Å². The summed E-state index contributed by atoms with van der Waals surface area (Å²) in [7, 11) is 3.82. The van der Waals surface area contributed by atoms with Crippen molar-refractivity contribution < 1.29 is 18.9 Å². The van der Waals surface area contributed by atoms with Crippen molar-refractivity contribution in [2.24, 2.45) is 0 Å². The van der Waals surface area contributed by atoms with E-state index in [0.717, 1.165) is 25.9 Å². The molecule has 4 atom stereocenters. The molecule has 3 aliphatic rings. The van der Waals surface area contributed by atoms with Crippen LogP contribution in [0.4, 0.5) is 0 Å². The summed E-state index contributed by atoms with van der Waals surface area (Å²) in [5.74, 6) is 0. The molecular weight excluding hydrogens is 243 g/mol. The van der Waals surface area contributed by atoms with E-state index in [1.54, 1.807) is 7.11 Å². The lowest BCUT2D eigenvalue weighted by molar-refractivity contribution is -0.198. The van der Waals surface area contributed by atoms with Gasteiger partial charge in [-0.15, -0.1) is 0 Å². The van der Waals surface area contributed by atoms with Gasteiger partial charge in [0.1, 0.15) is 31.3 Å². The van der Waals surface area contributed by atoms with Crippen molar-refractivity contribution in [1.82, 2.24) is 0 Å². The summed E-state index contributed by atoms with van der Waals surface area (Å²) >= 11 is 0. The number of ether oxygens (including phenoxy) is 4. The van der Waals surface area contributed by atoms with Crippen LogP contribution in [0.2, 0.25) is 0 Å². The maximum atomic E-state index is 6.27. The molecule has 19 heavy (non-hydrogen) atoms. The molecule has 2 aliphatic heterocycles. The standard InChI is InChI=1S/C14H25BO4/c1-3-4-5-8-17-11-10-12(15)19-14(11,9-16-2)13(18-10)6-7-13/h10-12H,3-9,15H2,1-2H3/t10?,11-,12?,14?/m1/s1. The minimum atomic E-state index is -0.363. The second kappa shape index (κ2) is 5.03. The van der Waals surface area contributed by atoms with Crippen LogP contribution in [-0.2, 0) is 18.9 Å². The van der Waals surface area contributed by atoms with Gasteiger partial charge in [0.2, 0.25) is 0 Å². The summed E-state index contributed by atoms with van der Waals surface area (Å²) in [5, 5.41) is 0. The molecule has 1 spiro atoms. The van der Waals surface area contributed by atoms with E-state index in [-0.39, 0.29) is 29.4 Å². The van der Waals surface area contributed by atoms with Gasteiger partial charge in [-0.25, -0.2) is 0 Å². The van der Waals surface area contributed by atoms with E-state index < -0.39 is 0 Å². The van der Waals surface area contributed by atoms with E-state index in [2.05, 4.69) is 14.8 Å². The van der Waals surface area contributed by atoms with Crippen molar-refractivity contribution in [2.45, 2.75) is 68.4 Å². The fourth-order valence-corrected chi connectivity index (χ4v) is 3.77. The van der Waals surface area contributed by atoms with Crippen molar-refractivity contribution >= 4 is 7.85 Å². The van der Waals surface area contributed by atoms with Gasteiger partial charge in [0.25, 0.3) is 0 Å². The normalized spacial score (nSPS) is 42.1. The lowest BCUT2D eigenvalue weighted by atomic mass is 9.89. The van der Waals surface area contributed by atoms with Crippen LogP contribution < -0.4 is 0 Å². The molecule has 0 amide bonds. The van der Waals surface area contributed by atoms with Gasteiger partial charge in [-0.3, -0.25) is 0 Å². The van der Waals surface area contributed by atoms with Crippen LogP contribution in [0.3, 0.4) is 0 Å². The van der Waals surface area contributed by atoms with Crippen LogP contribution in [0.5, 0.6) is 0 Å². The molecule has 2 saturated heterocycles. The average molecular weight is 268 g/mol.